The summed E-state index contributed by atoms with van der Waals surface area (Å²) >= 11 is 0. The van der Waals surface area contributed by atoms with Gasteiger partial charge in [-0.3, -0.25) is 0 Å². The minimum absolute atomic E-state index is 0.116. The smallest absolute Gasteiger partial charge is 0.126 e. The van der Waals surface area contributed by atoms with E-state index in [0.29, 0.717) is 0 Å². The number of fused-ring (bicyclic) bond motifs is 1. The van der Waals surface area contributed by atoms with Gasteiger partial charge in [0.15, 0.2) is 0 Å². The second-order valence-corrected chi connectivity index (χ2v) is 5.56. The van der Waals surface area contributed by atoms with Crippen molar-refractivity contribution < 1.29 is 8.78 Å². The molecule has 1 aliphatic rings. The number of halogens is 2. The number of rotatable bonds is 2. The average molecular weight is 272 g/mol. The van der Waals surface area contributed by atoms with E-state index in [9.17, 15) is 8.78 Å². The maximum Gasteiger partial charge on any atom is 0.126 e. The van der Waals surface area contributed by atoms with Gasteiger partial charge in [0, 0.05) is 0 Å². The zero-order chi connectivity index (χ0) is 14.1. The molecule has 1 aliphatic carbocycles. The first kappa shape index (κ1) is 13.3. The molecule has 0 saturated heterocycles. The van der Waals surface area contributed by atoms with E-state index >= 15 is 0 Å². The molecule has 0 saturated carbocycles. The van der Waals surface area contributed by atoms with Crippen molar-refractivity contribution in [3.05, 3.63) is 70.3 Å². The molecule has 0 aliphatic heterocycles. The van der Waals surface area contributed by atoms with Crippen LogP contribution in [0.2, 0.25) is 0 Å². The van der Waals surface area contributed by atoms with E-state index in [-0.39, 0.29) is 17.6 Å². The molecule has 2 aromatic rings. The number of hydrogen-bond acceptors (Lipinski definition) is 0. The quantitative estimate of drug-likeness (QED) is 0.736. The molecule has 3 rings (SSSR count). The topological polar surface area (TPSA) is 0 Å². The zero-order valence-corrected chi connectivity index (χ0v) is 11.6. The van der Waals surface area contributed by atoms with E-state index in [2.05, 4.69) is 0 Å². The molecular weight excluding hydrogens is 254 g/mol. The van der Waals surface area contributed by atoms with Crippen LogP contribution in [-0.4, -0.2) is 0 Å². The van der Waals surface area contributed by atoms with Gasteiger partial charge >= 0.3 is 0 Å². The van der Waals surface area contributed by atoms with Crippen LogP contribution in [0.15, 0.2) is 36.4 Å². The molecular formula is C18H18F2. The molecule has 104 valence electrons. The van der Waals surface area contributed by atoms with Gasteiger partial charge in [0.2, 0.25) is 0 Å². The van der Waals surface area contributed by atoms with Gasteiger partial charge in [-0.25, -0.2) is 8.78 Å². The van der Waals surface area contributed by atoms with Gasteiger partial charge in [0.1, 0.15) is 11.6 Å². The Morgan fingerprint density at radius 1 is 1.05 bits per heavy atom. The molecule has 0 heterocycles. The largest absolute Gasteiger partial charge is 0.207 e. The van der Waals surface area contributed by atoms with Crippen LogP contribution < -0.4 is 0 Å². The summed E-state index contributed by atoms with van der Waals surface area (Å²) in [5.74, 6) is -0.157. The molecule has 1 unspecified atom stereocenters. The SMILES string of the molecule is CCc1ccc(C2CCc3ccc(F)cc3C2)c(F)c1. The van der Waals surface area contributed by atoms with Crippen molar-refractivity contribution in [3.63, 3.8) is 0 Å². The molecule has 2 heteroatoms. The fourth-order valence-corrected chi connectivity index (χ4v) is 3.11. The van der Waals surface area contributed by atoms with Crippen LogP contribution in [0.1, 0.15) is 41.5 Å². The first-order valence-corrected chi connectivity index (χ1v) is 7.23. The summed E-state index contributed by atoms with van der Waals surface area (Å²) in [4.78, 5) is 0. The van der Waals surface area contributed by atoms with Gasteiger partial charge < -0.3 is 0 Å². The van der Waals surface area contributed by atoms with Crippen LogP contribution in [0.25, 0.3) is 0 Å². The summed E-state index contributed by atoms with van der Waals surface area (Å²) < 4.78 is 27.5. The summed E-state index contributed by atoms with van der Waals surface area (Å²) in [5, 5.41) is 0. The molecule has 0 bridgehead atoms. The van der Waals surface area contributed by atoms with Gasteiger partial charge in [0.05, 0.1) is 0 Å². The lowest BCUT2D eigenvalue weighted by Crippen LogP contribution is -2.14. The molecule has 0 spiro atoms. The molecule has 0 radical (unpaired) electrons. The van der Waals surface area contributed by atoms with Crippen molar-refractivity contribution in [2.75, 3.05) is 0 Å². The maximum atomic E-state index is 14.2. The van der Waals surface area contributed by atoms with E-state index in [1.807, 2.05) is 25.1 Å². The Labute approximate surface area is 118 Å². The van der Waals surface area contributed by atoms with Crippen molar-refractivity contribution in [2.45, 2.75) is 38.5 Å². The highest BCUT2D eigenvalue weighted by molar-refractivity contribution is 5.35. The van der Waals surface area contributed by atoms with Crippen molar-refractivity contribution in [1.82, 2.24) is 0 Å². The number of aryl methyl sites for hydroxylation is 2. The third-order valence-corrected chi connectivity index (χ3v) is 4.31. The molecule has 2 aromatic carbocycles. The molecule has 1 atom stereocenters. The third kappa shape index (κ3) is 2.47. The third-order valence-electron chi connectivity index (χ3n) is 4.31. The molecule has 0 amide bonds. The van der Waals surface area contributed by atoms with Crippen molar-refractivity contribution in [3.8, 4) is 0 Å². The second kappa shape index (κ2) is 5.35. The minimum atomic E-state index is -0.203. The Bertz CT molecular complexity index is 631. The highest BCUT2D eigenvalue weighted by atomic mass is 19.1. The first-order valence-electron chi connectivity index (χ1n) is 7.23. The molecule has 20 heavy (non-hydrogen) atoms. The number of hydrogen-bond donors (Lipinski definition) is 0. The molecule has 0 aromatic heterocycles. The summed E-state index contributed by atoms with van der Waals surface area (Å²) in [6.45, 7) is 2.02. The summed E-state index contributed by atoms with van der Waals surface area (Å²) in [5.41, 5.74) is 4.03. The Hall–Kier alpha value is -1.70. The lowest BCUT2D eigenvalue weighted by molar-refractivity contribution is 0.529. The highest BCUT2D eigenvalue weighted by Gasteiger charge is 2.22. The molecule has 0 nitrogen and oxygen atoms in total. The minimum Gasteiger partial charge on any atom is -0.207 e. The van der Waals surface area contributed by atoms with E-state index in [1.165, 1.54) is 11.6 Å². The molecule has 0 fully saturated rings. The van der Waals surface area contributed by atoms with Crippen LogP contribution in [0, 0.1) is 11.6 Å². The average Bonchev–Trinajstić information content (AvgIpc) is 2.46. The summed E-state index contributed by atoms with van der Waals surface area (Å²) in [6.07, 6.45) is 3.40. The lowest BCUT2D eigenvalue weighted by Gasteiger charge is -2.25. The highest BCUT2D eigenvalue weighted by Crippen LogP contribution is 2.34. The van der Waals surface area contributed by atoms with Crippen LogP contribution in [0.4, 0.5) is 8.78 Å². The number of benzene rings is 2. The van der Waals surface area contributed by atoms with E-state index < -0.39 is 0 Å². The lowest BCUT2D eigenvalue weighted by atomic mass is 9.80. The second-order valence-electron chi connectivity index (χ2n) is 5.56. The fraction of sp³-hybridized carbons (Fsp3) is 0.333. The first-order chi connectivity index (χ1) is 9.67. The Balaban J connectivity index is 1.90. The normalized spacial score (nSPS) is 17.9. The van der Waals surface area contributed by atoms with Crippen molar-refractivity contribution in [1.29, 1.82) is 0 Å². The maximum absolute atomic E-state index is 14.2. The van der Waals surface area contributed by atoms with Crippen LogP contribution >= 0.6 is 0 Å². The monoisotopic (exact) mass is 272 g/mol. The van der Waals surface area contributed by atoms with Gasteiger partial charge in [-0.05, 0) is 72.1 Å². The summed E-state index contributed by atoms with van der Waals surface area (Å²) in [6, 6.07) is 10.5. The standard InChI is InChI=1S/C18H18F2/c1-2-12-3-8-17(18(20)9-12)14-5-4-13-6-7-16(19)11-15(13)10-14/h3,6-9,11,14H,2,4-5,10H2,1H3. The van der Waals surface area contributed by atoms with Crippen LogP contribution in [-0.2, 0) is 19.3 Å². The van der Waals surface area contributed by atoms with E-state index in [1.54, 1.807) is 12.1 Å². The van der Waals surface area contributed by atoms with Crippen LogP contribution in [0.3, 0.4) is 0 Å². The fourth-order valence-electron chi connectivity index (χ4n) is 3.11. The molecule has 0 N–H and O–H groups in total. The van der Waals surface area contributed by atoms with Gasteiger partial charge in [-0.15, -0.1) is 0 Å². The van der Waals surface area contributed by atoms with E-state index in [0.717, 1.165) is 42.4 Å². The van der Waals surface area contributed by atoms with Crippen molar-refractivity contribution in [2.24, 2.45) is 0 Å². The predicted molar refractivity (Wildman–Crippen MR) is 76.9 cm³/mol. The Kier molecular flexibility index (Phi) is 3.56. The van der Waals surface area contributed by atoms with E-state index in [4.69, 9.17) is 0 Å². The summed E-state index contributed by atoms with van der Waals surface area (Å²) in [7, 11) is 0. The van der Waals surface area contributed by atoms with Gasteiger partial charge in [-0.2, -0.15) is 0 Å². The Morgan fingerprint density at radius 2 is 1.90 bits per heavy atom. The van der Waals surface area contributed by atoms with Gasteiger partial charge in [-0.1, -0.05) is 25.1 Å². The Morgan fingerprint density at radius 3 is 2.65 bits per heavy atom. The van der Waals surface area contributed by atoms with Crippen LogP contribution in [0.5, 0.6) is 0 Å². The predicted octanol–water partition coefficient (Wildman–Crippen LogP) is 4.80. The zero-order valence-electron chi connectivity index (χ0n) is 11.6. The van der Waals surface area contributed by atoms with Crippen molar-refractivity contribution >= 4 is 0 Å². The van der Waals surface area contributed by atoms with Gasteiger partial charge in [0.25, 0.3) is 0 Å².